The molecule has 2 atom stereocenters. The predicted octanol–water partition coefficient (Wildman–Crippen LogP) is 4.34. The molecule has 2 aliphatic heterocycles. The van der Waals surface area contributed by atoms with Crippen molar-refractivity contribution in [1.82, 2.24) is 30.3 Å². The fraction of sp³-hybridized carbons (Fsp3) is 0.500. The lowest BCUT2D eigenvalue weighted by Gasteiger charge is -2.27. The summed E-state index contributed by atoms with van der Waals surface area (Å²) in [6.45, 7) is 13.8. The van der Waals surface area contributed by atoms with Crippen molar-refractivity contribution in [2.24, 2.45) is 17.1 Å². The van der Waals surface area contributed by atoms with E-state index in [1.54, 1.807) is 0 Å². The van der Waals surface area contributed by atoms with Crippen LogP contribution in [0.1, 0.15) is 61.1 Å². The third-order valence-corrected chi connectivity index (χ3v) is 11.2. The second kappa shape index (κ2) is 15.1. The Balaban J connectivity index is 1.09. The van der Waals surface area contributed by atoms with Gasteiger partial charge in [0.1, 0.15) is 5.41 Å². The van der Waals surface area contributed by atoms with Gasteiger partial charge >= 0.3 is 0 Å². The van der Waals surface area contributed by atoms with Crippen molar-refractivity contribution in [2.75, 3.05) is 44.7 Å². The van der Waals surface area contributed by atoms with Gasteiger partial charge in [-0.25, -0.2) is 9.67 Å². The normalized spacial score (nSPS) is 21.1. The molecule has 1 saturated carbocycles. The molecule has 51 heavy (non-hydrogen) atoms. The topological polar surface area (TPSA) is 139 Å². The number of carbonyl (C=O) groups is 2. The molecular weight excluding hydrogens is 640 g/mol. The van der Waals surface area contributed by atoms with E-state index in [1.807, 2.05) is 16.9 Å². The molecule has 0 radical (unpaired) electrons. The number of hydrogen-bond donors (Lipinski definition) is 4. The number of piperazine rings is 1. The average Bonchev–Trinajstić information content (AvgIpc) is 3.74. The lowest BCUT2D eigenvalue weighted by Crippen LogP contribution is -2.42. The lowest BCUT2D eigenvalue weighted by molar-refractivity contribution is -0.136. The number of pyridine rings is 1. The van der Waals surface area contributed by atoms with Crippen LogP contribution in [0.3, 0.4) is 0 Å². The highest BCUT2D eigenvalue weighted by molar-refractivity contribution is 6.08. The van der Waals surface area contributed by atoms with Crippen molar-refractivity contribution in [2.45, 2.75) is 78.6 Å². The van der Waals surface area contributed by atoms with Gasteiger partial charge in [0.25, 0.3) is 0 Å². The highest BCUT2D eigenvalue weighted by Crippen LogP contribution is 2.55. The minimum Gasteiger partial charge on any atom is -0.381 e. The first kappa shape index (κ1) is 35.1. The quantitative estimate of drug-likeness (QED) is 0.152. The maximum atomic E-state index is 13.9. The second-order valence-electron chi connectivity index (χ2n) is 14.5. The number of ether oxygens (including phenoxy) is 1. The summed E-state index contributed by atoms with van der Waals surface area (Å²) in [5.74, 6) is -1.09. The van der Waals surface area contributed by atoms with Gasteiger partial charge in [-0.2, -0.15) is 5.10 Å². The number of aryl methyl sites for hydroxylation is 3. The van der Waals surface area contributed by atoms with E-state index in [4.69, 9.17) is 15.5 Å². The molecule has 5 N–H and O–H groups in total. The fourth-order valence-electron chi connectivity index (χ4n) is 8.04. The molecule has 0 spiro atoms. The van der Waals surface area contributed by atoms with Gasteiger partial charge in [0.05, 0.1) is 17.3 Å². The number of rotatable bonds is 13. The number of nitrogens with one attached hydrogen (secondary N) is 3. The second-order valence-corrected chi connectivity index (χ2v) is 14.5. The molecule has 270 valence electrons. The SMILES string of the molecule is CCc1nc2c(cnn2CC)c(NC2CCOCC2)c1CC1CC1(C(N)=O)C(=O)NCc1ccc(C)c(-c2cccc(CN3CCNCC3)c2)c1. The summed E-state index contributed by atoms with van der Waals surface area (Å²) in [5.41, 5.74) is 14.4. The molecule has 0 bridgehead atoms. The highest BCUT2D eigenvalue weighted by atomic mass is 16.5. The number of aromatic nitrogens is 3. The van der Waals surface area contributed by atoms with Gasteiger partial charge in [0.2, 0.25) is 11.8 Å². The molecule has 11 heteroatoms. The van der Waals surface area contributed by atoms with Gasteiger partial charge in [-0.15, -0.1) is 0 Å². The molecule has 7 rings (SSSR count). The minimum absolute atomic E-state index is 0.219. The fourth-order valence-corrected chi connectivity index (χ4v) is 8.04. The Morgan fingerprint density at radius 2 is 1.88 bits per heavy atom. The summed E-state index contributed by atoms with van der Waals surface area (Å²) in [6, 6.07) is 15.3. The first-order chi connectivity index (χ1) is 24.8. The molecule has 2 saturated heterocycles. The lowest BCUT2D eigenvalue weighted by atomic mass is 9.93. The zero-order valence-electron chi connectivity index (χ0n) is 30.3. The van der Waals surface area contributed by atoms with Crippen LogP contribution in [0, 0.1) is 18.3 Å². The van der Waals surface area contributed by atoms with Crippen molar-refractivity contribution >= 4 is 28.5 Å². The maximum absolute atomic E-state index is 13.9. The molecule has 3 aliphatic rings. The van der Waals surface area contributed by atoms with Crippen molar-refractivity contribution < 1.29 is 14.3 Å². The molecule has 2 aromatic heterocycles. The zero-order chi connectivity index (χ0) is 35.5. The summed E-state index contributed by atoms with van der Waals surface area (Å²) in [7, 11) is 0. The van der Waals surface area contributed by atoms with Crippen molar-refractivity contribution in [3.63, 3.8) is 0 Å². The molecule has 2 aromatic carbocycles. The molecule has 4 aromatic rings. The Hall–Kier alpha value is -4.32. The molecule has 2 amide bonds. The summed E-state index contributed by atoms with van der Waals surface area (Å²) in [4.78, 5) is 34.6. The minimum atomic E-state index is -1.25. The predicted molar refractivity (Wildman–Crippen MR) is 200 cm³/mol. The third-order valence-electron chi connectivity index (χ3n) is 11.2. The molecule has 2 unspecified atom stereocenters. The van der Waals surface area contributed by atoms with Crippen LogP contribution >= 0.6 is 0 Å². The van der Waals surface area contributed by atoms with Crippen LogP contribution in [0.4, 0.5) is 5.69 Å². The molecule has 4 heterocycles. The van der Waals surface area contributed by atoms with Crippen LogP contribution in [0.15, 0.2) is 48.7 Å². The molecule has 11 nitrogen and oxygen atoms in total. The Labute approximate surface area is 300 Å². The van der Waals surface area contributed by atoms with E-state index in [2.05, 4.69) is 83.1 Å². The van der Waals surface area contributed by atoms with E-state index in [9.17, 15) is 9.59 Å². The summed E-state index contributed by atoms with van der Waals surface area (Å²) in [6.07, 6.45) is 5.37. The molecule has 3 fully saturated rings. The molecular formula is C40H52N8O3. The van der Waals surface area contributed by atoms with Crippen molar-refractivity contribution in [1.29, 1.82) is 0 Å². The Morgan fingerprint density at radius 1 is 1.08 bits per heavy atom. The van der Waals surface area contributed by atoms with Gasteiger partial charge in [-0.05, 0) is 97.4 Å². The van der Waals surface area contributed by atoms with Crippen LogP contribution < -0.4 is 21.7 Å². The van der Waals surface area contributed by atoms with E-state index in [0.717, 1.165) is 116 Å². The number of amides is 2. The highest BCUT2D eigenvalue weighted by Gasteiger charge is 2.64. The van der Waals surface area contributed by atoms with E-state index in [0.29, 0.717) is 19.4 Å². The Morgan fingerprint density at radius 3 is 2.63 bits per heavy atom. The van der Waals surface area contributed by atoms with Crippen LogP contribution in [0.2, 0.25) is 0 Å². The largest absolute Gasteiger partial charge is 0.381 e. The van der Waals surface area contributed by atoms with Crippen molar-refractivity contribution in [3.8, 4) is 11.1 Å². The number of anilines is 1. The van der Waals surface area contributed by atoms with E-state index >= 15 is 0 Å². The Bertz CT molecular complexity index is 1890. The summed E-state index contributed by atoms with van der Waals surface area (Å²) < 4.78 is 7.55. The van der Waals surface area contributed by atoms with Crippen LogP contribution in [-0.2, 0) is 46.8 Å². The standard InChI is InChI=1S/C40H52N8O3/c1-4-35-33(36(45-31-11-17-51-18-12-31)34-24-44-48(5-2)37(34)46-35)21-30-22-40(30,38(41)49)39(50)43-23-27-10-9-26(3)32(20-27)29-8-6-7-28(19-29)25-47-15-13-42-14-16-47/h6-10,19-20,24,30-31,42H,4-5,11-18,21-23,25H2,1-3H3,(H2,41,49)(H,43,50)(H,45,46). The number of fused-ring (bicyclic) bond motifs is 1. The number of benzene rings is 2. The van der Waals surface area contributed by atoms with E-state index in [-0.39, 0.29) is 17.9 Å². The maximum Gasteiger partial charge on any atom is 0.236 e. The summed E-state index contributed by atoms with van der Waals surface area (Å²) >= 11 is 0. The number of nitrogens with two attached hydrogens (primary N) is 1. The molecule has 1 aliphatic carbocycles. The van der Waals surface area contributed by atoms with Crippen LogP contribution in [0.25, 0.3) is 22.2 Å². The first-order valence-electron chi connectivity index (χ1n) is 18.7. The third kappa shape index (κ3) is 7.24. The van der Waals surface area contributed by atoms with Gasteiger partial charge < -0.3 is 26.4 Å². The first-order valence-corrected chi connectivity index (χ1v) is 18.7. The average molecular weight is 693 g/mol. The van der Waals surface area contributed by atoms with Gasteiger partial charge in [-0.1, -0.05) is 37.3 Å². The smallest absolute Gasteiger partial charge is 0.236 e. The van der Waals surface area contributed by atoms with Gasteiger partial charge in [0.15, 0.2) is 5.65 Å². The number of primary amides is 1. The summed E-state index contributed by atoms with van der Waals surface area (Å²) in [5, 5.41) is 15.9. The van der Waals surface area contributed by atoms with Crippen molar-refractivity contribution in [3.05, 3.63) is 76.6 Å². The number of nitrogens with zero attached hydrogens (tertiary/aromatic N) is 4. The van der Waals surface area contributed by atoms with E-state index in [1.165, 1.54) is 11.1 Å². The zero-order valence-corrected chi connectivity index (χ0v) is 30.3. The van der Waals surface area contributed by atoms with E-state index < -0.39 is 11.3 Å². The van der Waals surface area contributed by atoms with Crippen LogP contribution in [-0.4, -0.2) is 76.9 Å². The monoisotopic (exact) mass is 692 g/mol. The Kier molecular flexibility index (Phi) is 10.4. The van der Waals surface area contributed by atoms with Gasteiger partial charge in [-0.3, -0.25) is 14.5 Å². The van der Waals surface area contributed by atoms with Gasteiger partial charge in [0, 0.05) is 70.8 Å². The number of hydrogen-bond acceptors (Lipinski definition) is 8. The van der Waals surface area contributed by atoms with Crippen LogP contribution in [0.5, 0.6) is 0 Å². The number of carbonyl (C=O) groups excluding carboxylic acids is 2.